The van der Waals surface area contributed by atoms with Crippen LogP contribution in [0.2, 0.25) is 0 Å². The lowest BCUT2D eigenvalue weighted by atomic mass is 9.97. The van der Waals surface area contributed by atoms with Crippen molar-refractivity contribution in [2.45, 2.75) is 59.2 Å². The molecule has 7 heteroatoms. The number of anilines is 1. The molecule has 7 nitrogen and oxygen atoms in total. The summed E-state index contributed by atoms with van der Waals surface area (Å²) >= 11 is 0. The fourth-order valence-electron chi connectivity index (χ4n) is 2.83. The molecule has 2 rings (SSSR count). The van der Waals surface area contributed by atoms with Crippen LogP contribution < -0.4 is 5.32 Å². The maximum atomic E-state index is 12.4. The van der Waals surface area contributed by atoms with Crippen molar-refractivity contribution in [1.29, 1.82) is 0 Å². The Balaban J connectivity index is 1.79. The van der Waals surface area contributed by atoms with Crippen molar-refractivity contribution in [2.75, 3.05) is 18.4 Å². The van der Waals surface area contributed by atoms with Gasteiger partial charge in [-0.1, -0.05) is 17.7 Å². The van der Waals surface area contributed by atoms with Crippen molar-refractivity contribution in [1.82, 2.24) is 4.90 Å². The first-order chi connectivity index (χ1) is 13.0. The van der Waals surface area contributed by atoms with Crippen molar-refractivity contribution in [3.63, 3.8) is 0 Å². The molecule has 0 saturated carbocycles. The Kier molecular flexibility index (Phi) is 7.05. The van der Waals surface area contributed by atoms with E-state index in [0.29, 0.717) is 31.6 Å². The van der Waals surface area contributed by atoms with Crippen LogP contribution in [0.1, 0.15) is 46.1 Å². The number of hydrogen-bond donors (Lipinski definition) is 1. The number of esters is 1. The van der Waals surface area contributed by atoms with E-state index in [1.807, 2.05) is 39.8 Å². The van der Waals surface area contributed by atoms with Gasteiger partial charge in [-0.25, -0.2) is 4.79 Å². The van der Waals surface area contributed by atoms with Gasteiger partial charge in [0.05, 0.1) is 5.92 Å². The zero-order chi connectivity index (χ0) is 20.9. The molecule has 0 bridgehead atoms. The topological polar surface area (TPSA) is 84.9 Å². The number of rotatable bonds is 4. The molecule has 0 aromatic heterocycles. The zero-order valence-electron chi connectivity index (χ0n) is 17.3. The van der Waals surface area contributed by atoms with Gasteiger partial charge in [0, 0.05) is 18.8 Å². The first kappa shape index (κ1) is 21.7. The smallest absolute Gasteiger partial charge is 0.410 e. The zero-order valence-corrected chi connectivity index (χ0v) is 17.3. The molecule has 1 heterocycles. The van der Waals surface area contributed by atoms with Gasteiger partial charge < -0.3 is 19.7 Å². The molecule has 0 spiro atoms. The lowest BCUT2D eigenvalue weighted by Gasteiger charge is -2.32. The molecule has 1 aromatic rings. The molecular weight excluding hydrogens is 360 g/mol. The van der Waals surface area contributed by atoms with Gasteiger partial charge in [0.2, 0.25) is 0 Å². The Morgan fingerprint density at radius 2 is 1.68 bits per heavy atom. The molecule has 2 amide bonds. The SMILES string of the molecule is Cc1ccc(NC(=O)[C@@H](C)OC(=O)C2CCN(C(=O)OC(C)(C)C)CC2)cc1. The van der Waals surface area contributed by atoms with Crippen LogP contribution in [-0.4, -0.2) is 47.7 Å². The van der Waals surface area contributed by atoms with Crippen LogP contribution in [0.4, 0.5) is 10.5 Å². The Bertz CT molecular complexity index is 701. The van der Waals surface area contributed by atoms with E-state index in [1.54, 1.807) is 24.0 Å². The highest BCUT2D eigenvalue weighted by molar-refractivity contribution is 5.95. The number of amides is 2. The van der Waals surface area contributed by atoms with E-state index in [1.165, 1.54) is 0 Å². The summed E-state index contributed by atoms with van der Waals surface area (Å²) < 4.78 is 10.7. The Morgan fingerprint density at radius 1 is 1.11 bits per heavy atom. The highest BCUT2D eigenvalue weighted by atomic mass is 16.6. The van der Waals surface area contributed by atoms with Gasteiger partial charge >= 0.3 is 12.1 Å². The summed E-state index contributed by atoms with van der Waals surface area (Å²) in [5.41, 5.74) is 1.20. The second-order valence-corrected chi connectivity index (χ2v) is 8.18. The minimum Gasteiger partial charge on any atom is -0.452 e. The number of likely N-dealkylation sites (tertiary alicyclic amines) is 1. The number of piperidine rings is 1. The van der Waals surface area contributed by atoms with Gasteiger partial charge in [-0.3, -0.25) is 9.59 Å². The van der Waals surface area contributed by atoms with Crippen molar-refractivity contribution in [2.24, 2.45) is 5.92 Å². The Morgan fingerprint density at radius 3 is 2.21 bits per heavy atom. The standard InChI is InChI=1S/C21H30N2O5/c1-14-6-8-17(9-7-14)22-18(24)15(2)27-19(25)16-10-12-23(13-11-16)20(26)28-21(3,4)5/h6-9,15-16H,10-13H2,1-5H3,(H,22,24)/t15-/m1/s1. The Hall–Kier alpha value is -2.57. The van der Waals surface area contributed by atoms with Gasteiger partial charge in [-0.15, -0.1) is 0 Å². The summed E-state index contributed by atoms with van der Waals surface area (Å²) in [6.45, 7) is 9.83. The van der Waals surface area contributed by atoms with Gasteiger partial charge in [0.1, 0.15) is 5.60 Å². The number of nitrogens with zero attached hydrogens (tertiary/aromatic N) is 1. The molecule has 1 fully saturated rings. The van der Waals surface area contributed by atoms with Crippen molar-refractivity contribution in [3.8, 4) is 0 Å². The minimum absolute atomic E-state index is 0.326. The molecule has 0 aliphatic carbocycles. The summed E-state index contributed by atoms with van der Waals surface area (Å²) in [7, 11) is 0. The number of hydrogen-bond acceptors (Lipinski definition) is 5. The van der Waals surface area contributed by atoms with Crippen LogP contribution >= 0.6 is 0 Å². The molecular formula is C21H30N2O5. The van der Waals surface area contributed by atoms with Gasteiger partial charge in [-0.05, 0) is 59.6 Å². The van der Waals surface area contributed by atoms with Crippen LogP contribution in [-0.2, 0) is 19.1 Å². The number of carbonyl (C=O) groups excluding carboxylic acids is 3. The minimum atomic E-state index is -0.891. The van der Waals surface area contributed by atoms with E-state index in [2.05, 4.69) is 5.32 Å². The monoisotopic (exact) mass is 390 g/mol. The van der Waals surface area contributed by atoms with Gasteiger partial charge in [0.25, 0.3) is 5.91 Å². The summed E-state index contributed by atoms with van der Waals surface area (Å²) in [6, 6.07) is 7.39. The third-order valence-electron chi connectivity index (χ3n) is 4.46. The summed E-state index contributed by atoms with van der Waals surface area (Å²) in [5, 5.41) is 2.74. The number of benzene rings is 1. The molecule has 1 aliphatic heterocycles. The second-order valence-electron chi connectivity index (χ2n) is 8.18. The number of nitrogens with one attached hydrogen (secondary N) is 1. The first-order valence-corrected chi connectivity index (χ1v) is 9.61. The van der Waals surface area contributed by atoms with Gasteiger partial charge in [-0.2, -0.15) is 0 Å². The second kappa shape index (κ2) is 9.08. The first-order valence-electron chi connectivity index (χ1n) is 9.61. The molecule has 0 radical (unpaired) electrons. The lowest BCUT2D eigenvalue weighted by Crippen LogP contribution is -2.43. The molecule has 28 heavy (non-hydrogen) atoms. The number of carbonyl (C=O) groups is 3. The third-order valence-corrected chi connectivity index (χ3v) is 4.46. The predicted molar refractivity (Wildman–Crippen MR) is 106 cm³/mol. The number of ether oxygens (including phenoxy) is 2. The van der Waals surface area contributed by atoms with Crippen molar-refractivity contribution in [3.05, 3.63) is 29.8 Å². The largest absolute Gasteiger partial charge is 0.452 e. The lowest BCUT2D eigenvalue weighted by molar-refractivity contribution is -0.158. The normalized spacial score (nSPS) is 16.2. The van der Waals surface area contributed by atoms with Crippen LogP contribution in [0.15, 0.2) is 24.3 Å². The maximum Gasteiger partial charge on any atom is 0.410 e. The third kappa shape index (κ3) is 6.55. The molecule has 0 unspecified atom stereocenters. The van der Waals surface area contributed by atoms with Crippen LogP contribution in [0.3, 0.4) is 0 Å². The van der Waals surface area contributed by atoms with E-state index in [9.17, 15) is 14.4 Å². The summed E-state index contributed by atoms with van der Waals surface area (Å²) in [4.78, 5) is 38.3. The van der Waals surface area contributed by atoms with E-state index in [-0.39, 0.29) is 17.9 Å². The summed E-state index contributed by atoms with van der Waals surface area (Å²) in [6.07, 6.45) is -0.280. The quantitative estimate of drug-likeness (QED) is 0.795. The Labute approximate surface area is 166 Å². The fourth-order valence-corrected chi connectivity index (χ4v) is 2.83. The van der Waals surface area contributed by atoms with E-state index < -0.39 is 17.7 Å². The predicted octanol–water partition coefficient (Wildman–Crippen LogP) is 3.51. The highest BCUT2D eigenvalue weighted by Gasteiger charge is 2.32. The average Bonchev–Trinajstić information content (AvgIpc) is 2.62. The van der Waals surface area contributed by atoms with E-state index >= 15 is 0 Å². The van der Waals surface area contributed by atoms with Gasteiger partial charge in [0.15, 0.2) is 6.10 Å². The van der Waals surface area contributed by atoms with E-state index in [0.717, 1.165) is 5.56 Å². The van der Waals surface area contributed by atoms with Crippen LogP contribution in [0, 0.1) is 12.8 Å². The molecule has 1 atom stereocenters. The van der Waals surface area contributed by atoms with Crippen molar-refractivity contribution < 1.29 is 23.9 Å². The molecule has 154 valence electrons. The molecule has 1 saturated heterocycles. The average molecular weight is 390 g/mol. The van der Waals surface area contributed by atoms with E-state index in [4.69, 9.17) is 9.47 Å². The molecule has 1 N–H and O–H groups in total. The summed E-state index contributed by atoms with van der Waals surface area (Å²) in [5.74, 6) is -1.10. The van der Waals surface area contributed by atoms with Crippen molar-refractivity contribution >= 4 is 23.7 Å². The molecule has 1 aromatic carbocycles. The fraction of sp³-hybridized carbons (Fsp3) is 0.571. The highest BCUT2D eigenvalue weighted by Crippen LogP contribution is 2.21. The van der Waals surface area contributed by atoms with Crippen LogP contribution in [0.25, 0.3) is 0 Å². The molecule has 1 aliphatic rings. The maximum absolute atomic E-state index is 12.4. The number of aryl methyl sites for hydroxylation is 1. The van der Waals surface area contributed by atoms with Crippen LogP contribution in [0.5, 0.6) is 0 Å².